The van der Waals surface area contributed by atoms with E-state index >= 15 is 0 Å². The third kappa shape index (κ3) is 3.99. The topological polar surface area (TPSA) is 55.8 Å². The maximum absolute atomic E-state index is 10.7. The Balaban J connectivity index is 3.24. The Morgan fingerprint density at radius 3 is 2.37 bits per heavy atom. The molecule has 0 amide bonds. The van der Waals surface area contributed by atoms with E-state index < -0.39 is 5.97 Å². The zero-order valence-electron chi connectivity index (χ0n) is 11.2. The van der Waals surface area contributed by atoms with Gasteiger partial charge in [0.2, 0.25) is 0 Å². The molecule has 1 aromatic rings. The van der Waals surface area contributed by atoms with Crippen LogP contribution in [-0.2, 0) is 4.79 Å². The van der Waals surface area contributed by atoms with Crippen molar-refractivity contribution in [2.75, 3.05) is 14.2 Å². The average molecular weight is 329 g/mol. The van der Waals surface area contributed by atoms with Gasteiger partial charge >= 0.3 is 5.97 Å². The zero-order chi connectivity index (χ0) is 14.4. The van der Waals surface area contributed by atoms with Crippen LogP contribution in [0.3, 0.4) is 0 Å². The molecule has 5 heteroatoms. The summed E-state index contributed by atoms with van der Waals surface area (Å²) in [6, 6.07) is 3.67. The van der Waals surface area contributed by atoms with Gasteiger partial charge in [-0.25, -0.2) is 0 Å². The van der Waals surface area contributed by atoms with Crippen molar-refractivity contribution < 1.29 is 19.4 Å². The van der Waals surface area contributed by atoms with Gasteiger partial charge in [-0.2, -0.15) is 0 Å². The van der Waals surface area contributed by atoms with Crippen LogP contribution in [0, 0.1) is 0 Å². The van der Waals surface area contributed by atoms with E-state index in [-0.39, 0.29) is 6.42 Å². The molecule has 0 unspecified atom stereocenters. The van der Waals surface area contributed by atoms with Gasteiger partial charge in [-0.05, 0) is 29.7 Å². The number of ether oxygens (including phenoxy) is 2. The Hall–Kier alpha value is -1.49. The van der Waals surface area contributed by atoms with Crippen molar-refractivity contribution in [3.63, 3.8) is 0 Å². The second-order valence-electron chi connectivity index (χ2n) is 3.87. The first kappa shape index (κ1) is 15.6. The van der Waals surface area contributed by atoms with Crippen LogP contribution in [0.25, 0.3) is 5.57 Å². The number of aliphatic carboxylic acids is 1. The zero-order valence-corrected chi connectivity index (χ0v) is 12.8. The van der Waals surface area contributed by atoms with Gasteiger partial charge in [0.05, 0.1) is 20.6 Å². The lowest BCUT2D eigenvalue weighted by molar-refractivity contribution is -0.135. The number of carboxylic acids is 1. The fourth-order valence-electron chi connectivity index (χ4n) is 1.76. The highest BCUT2D eigenvalue weighted by atomic mass is 79.9. The van der Waals surface area contributed by atoms with Gasteiger partial charge in [0.25, 0.3) is 0 Å². The highest BCUT2D eigenvalue weighted by Crippen LogP contribution is 2.37. The van der Waals surface area contributed by atoms with Crippen molar-refractivity contribution in [3.05, 3.63) is 28.2 Å². The van der Waals surface area contributed by atoms with Gasteiger partial charge in [-0.3, -0.25) is 4.79 Å². The fourth-order valence-corrected chi connectivity index (χ4v) is 2.33. The maximum atomic E-state index is 10.7. The van der Waals surface area contributed by atoms with Gasteiger partial charge in [0.1, 0.15) is 0 Å². The molecule has 0 atom stereocenters. The van der Waals surface area contributed by atoms with Gasteiger partial charge in [0, 0.05) is 4.47 Å². The molecule has 0 fully saturated rings. The highest BCUT2D eigenvalue weighted by Gasteiger charge is 2.12. The Kier molecular flexibility index (Phi) is 5.89. The molecule has 0 aliphatic heterocycles. The molecule has 104 valence electrons. The lowest BCUT2D eigenvalue weighted by atomic mass is 10.0. The van der Waals surface area contributed by atoms with Crippen molar-refractivity contribution in [1.82, 2.24) is 0 Å². The SMILES string of the molecule is CC/C(=C\CC(=O)O)c1cc(OC)c(OC)cc1Br. The molecule has 0 aliphatic carbocycles. The van der Waals surface area contributed by atoms with Crippen LogP contribution >= 0.6 is 15.9 Å². The van der Waals surface area contributed by atoms with E-state index in [1.807, 2.05) is 19.1 Å². The summed E-state index contributed by atoms with van der Waals surface area (Å²) >= 11 is 3.48. The molecule has 0 saturated heterocycles. The molecular formula is C14H17BrO4. The molecule has 1 N–H and O–H groups in total. The molecule has 0 heterocycles. The molecule has 19 heavy (non-hydrogen) atoms. The first-order valence-corrected chi connectivity index (χ1v) is 6.65. The standard InChI is InChI=1S/C14H17BrO4/c1-4-9(5-6-14(16)17)10-7-12(18-2)13(19-3)8-11(10)15/h5,7-8H,4,6H2,1-3H3,(H,16,17)/b9-5+. The van der Waals surface area contributed by atoms with Crippen molar-refractivity contribution >= 4 is 27.5 Å². The number of carboxylic acid groups (broad SMARTS) is 1. The van der Waals surface area contributed by atoms with Gasteiger partial charge in [-0.1, -0.05) is 28.9 Å². The molecule has 0 aromatic heterocycles. The van der Waals surface area contributed by atoms with Crippen LogP contribution in [0.15, 0.2) is 22.7 Å². The Morgan fingerprint density at radius 2 is 1.89 bits per heavy atom. The van der Waals surface area contributed by atoms with Gasteiger partial charge in [-0.15, -0.1) is 0 Å². The van der Waals surface area contributed by atoms with E-state index in [0.29, 0.717) is 11.5 Å². The first-order valence-electron chi connectivity index (χ1n) is 5.86. The van der Waals surface area contributed by atoms with Crippen LogP contribution in [0.1, 0.15) is 25.3 Å². The van der Waals surface area contributed by atoms with Gasteiger partial charge in [0.15, 0.2) is 11.5 Å². The van der Waals surface area contributed by atoms with E-state index in [4.69, 9.17) is 14.6 Å². The first-order chi connectivity index (χ1) is 9.03. The monoisotopic (exact) mass is 328 g/mol. The Morgan fingerprint density at radius 1 is 1.32 bits per heavy atom. The number of allylic oxidation sites excluding steroid dienone is 1. The minimum Gasteiger partial charge on any atom is -0.493 e. The number of hydrogen-bond donors (Lipinski definition) is 1. The normalized spacial score (nSPS) is 11.3. The summed E-state index contributed by atoms with van der Waals surface area (Å²) < 4.78 is 11.3. The van der Waals surface area contributed by atoms with E-state index in [9.17, 15) is 4.79 Å². The predicted molar refractivity (Wildman–Crippen MR) is 77.8 cm³/mol. The van der Waals surface area contributed by atoms with Crippen LogP contribution in [0.4, 0.5) is 0 Å². The minimum absolute atomic E-state index is 0.00393. The van der Waals surface area contributed by atoms with Crippen LogP contribution in [0.5, 0.6) is 11.5 Å². The minimum atomic E-state index is -0.845. The van der Waals surface area contributed by atoms with Crippen molar-refractivity contribution in [2.45, 2.75) is 19.8 Å². The number of methoxy groups -OCH3 is 2. The highest BCUT2D eigenvalue weighted by molar-refractivity contribution is 9.10. The fraction of sp³-hybridized carbons (Fsp3) is 0.357. The number of hydrogen-bond acceptors (Lipinski definition) is 3. The summed E-state index contributed by atoms with van der Waals surface area (Å²) in [4.78, 5) is 10.7. The molecule has 0 saturated carbocycles. The smallest absolute Gasteiger partial charge is 0.307 e. The molecule has 4 nitrogen and oxygen atoms in total. The van der Waals surface area contributed by atoms with E-state index in [1.54, 1.807) is 20.3 Å². The quantitative estimate of drug-likeness (QED) is 0.864. The lowest BCUT2D eigenvalue weighted by Gasteiger charge is -2.13. The van der Waals surface area contributed by atoms with Crippen LogP contribution < -0.4 is 9.47 Å². The van der Waals surface area contributed by atoms with Crippen molar-refractivity contribution in [2.24, 2.45) is 0 Å². The van der Waals surface area contributed by atoms with Crippen LogP contribution in [-0.4, -0.2) is 25.3 Å². The molecule has 0 radical (unpaired) electrons. The third-order valence-electron chi connectivity index (χ3n) is 2.72. The maximum Gasteiger partial charge on any atom is 0.307 e. The number of benzene rings is 1. The molecule has 0 bridgehead atoms. The lowest BCUT2D eigenvalue weighted by Crippen LogP contribution is -1.96. The van der Waals surface area contributed by atoms with Gasteiger partial charge < -0.3 is 14.6 Å². The van der Waals surface area contributed by atoms with Crippen molar-refractivity contribution in [1.29, 1.82) is 0 Å². The van der Waals surface area contributed by atoms with Crippen LogP contribution in [0.2, 0.25) is 0 Å². The third-order valence-corrected chi connectivity index (χ3v) is 3.38. The molecular weight excluding hydrogens is 312 g/mol. The summed E-state index contributed by atoms with van der Waals surface area (Å²) in [7, 11) is 3.15. The summed E-state index contributed by atoms with van der Waals surface area (Å²) in [6.07, 6.45) is 2.46. The molecule has 1 rings (SSSR count). The summed E-state index contributed by atoms with van der Waals surface area (Å²) in [5.74, 6) is 0.407. The average Bonchev–Trinajstić information content (AvgIpc) is 2.40. The predicted octanol–water partition coefficient (Wildman–Crippen LogP) is 3.73. The summed E-state index contributed by atoms with van der Waals surface area (Å²) in [6.45, 7) is 1.98. The van der Waals surface area contributed by atoms with Crippen molar-refractivity contribution in [3.8, 4) is 11.5 Å². The van der Waals surface area contributed by atoms with E-state index in [2.05, 4.69) is 15.9 Å². The summed E-state index contributed by atoms with van der Waals surface area (Å²) in [5, 5.41) is 8.76. The molecule has 0 spiro atoms. The number of carbonyl (C=O) groups is 1. The second-order valence-corrected chi connectivity index (χ2v) is 4.72. The molecule has 1 aromatic carbocycles. The summed E-state index contributed by atoms with van der Waals surface area (Å²) in [5.41, 5.74) is 1.87. The van der Waals surface area contributed by atoms with E-state index in [0.717, 1.165) is 22.0 Å². The molecule has 0 aliphatic rings. The Labute approximate surface area is 121 Å². The number of rotatable bonds is 6. The largest absolute Gasteiger partial charge is 0.493 e. The Bertz CT molecular complexity index is 494. The number of halogens is 1. The van der Waals surface area contributed by atoms with E-state index in [1.165, 1.54) is 0 Å². The second kappa shape index (κ2) is 7.19.